The van der Waals surface area contributed by atoms with E-state index in [0.29, 0.717) is 13.0 Å². The van der Waals surface area contributed by atoms with Gasteiger partial charge in [0.2, 0.25) is 5.91 Å². The van der Waals surface area contributed by atoms with E-state index in [2.05, 4.69) is 0 Å². The third kappa shape index (κ3) is 1.98. The molecule has 1 aliphatic carbocycles. The summed E-state index contributed by atoms with van der Waals surface area (Å²) in [5.74, 6) is -0.666. The summed E-state index contributed by atoms with van der Waals surface area (Å²) in [6.45, 7) is 0.631. The Labute approximate surface area is 89.3 Å². The summed E-state index contributed by atoms with van der Waals surface area (Å²) in [7, 11) is 0. The van der Waals surface area contributed by atoms with Gasteiger partial charge >= 0.3 is 5.97 Å². The molecule has 0 aromatic carbocycles. The van der Waals surface area contributed by atoms with Gasteiger partial charge in [-0.25, -0.2) is 4.79 Å². The molecule has 0 radical (unpaired) electrons. The number of rotatable bonds is 2. The Morgan fingerprint density at radius 1 is 1.07 bits per heavy atom. The molecule has 15 heavy (non-hydrogen) atoms. The van der Waals surface area contributed by atoms with Gasteiger partial charge in [-0.3, -0.25) is 4.79 Å². The fraction of sp³-hybridized carbons (Fsp3) is 0.818. The lowest BCUT2D eigenvalue weighted by atomic mass is 10.1. The number of amides is 1. The van der Waals surface area contributed by atoms with E-state index in [1.54, 1.807) is 4.90 Å². The molecule has 1 saturated carbocycles. The number of aliphatic carboxylic acids is 1. The van der Waals surface area contributed by atoms with Crippen LogP contribution in [-0.2, 0) is 9.59 Å². The zero-order valence-corrected chi connectivity index (χ0v) is 8.82. The number of carboxylic acid groups (broad SMARTS) is 1. The lowest BCUT2D eigenvalue weighted by Gasteiger charge is -2.24. The molecule has 4 heteroatoms. The summed E-state index contributed by atoms with van der Waals surface area (Å²) in [4.78, 5) is 24.5. The van der Waals surface area contributed by atoms with Crippen LogP contribution >= 0.6 is 0 Å². The van der Waals surface area contributed by atoms with Crippen LogP contribution in [0.2, 0.25) is 0 Å². The third-order valence-corrected chi connectivity index (χ3v) is 3.53. The summed E-state index contributed by atoms with van der Waals surface area (Å²) in [6, 6.07) is -0.557. The molecule has 1 aliphatic heterocycles. The maximum absolute atomic E-state index is 12.0. The summed E-state index contributed by atoms with van der Waals surface area (Å²) in [5.41, 5.74) is 0. The number of likely N-dealkylation sites (tertiary alicyclic amines) is 1. The van der Waals surface area contributed by atoms with Crippen molar-refractivity contribution in [2.45, 2.75) is 44.6 Å². The fourth-order valence-electron chi connectivity index (χ4n) is 2.69. The van der Waals surface area contributed by atoms with Crippen LogP contribution in [0.5, 0.6) is 0 Å². The molecule has 2 aliphatic rings. The predicted molar refractivity (Wildman–Crippen MR) is 54.3 cm³/mol. The van der Waals surface area contributed by atoms with Crippen molar-refractivity contribution in [1.82, 2.24) is 4.90 Å². The van der Waals surface area contributed by atoms with Crippen LogP contribution in [0.3, 0.4) is 0 Å². The van der Waals surface area contributed by atoms with Gasteiger partial charge in [0.1, 0.15) is 6.04 Å². The van der Waals surface area contributed by atoms with Gasteiger partial charge in [0.25, 0.3) is 0 Å². The number of carbonyl (C=O) groups excluding carboxylic acids is 1. The summed E-state index contributed by atoms with van der Waals surface area (Å²) < 4.78 is 0. The normalized spacial score (nSPS) is 27.2. The topological polar surface area (TPSA) is 57.6 Å². The molecule has 1 heterocycles. The van der Waals surface area contributed by atoms with Crippen LogP contribution < -0.4 is 0 Å². The second-order valence-corrected chi connectivity index (χ2v) is 4.51. The molecule has 4 nitrogen and oxygen atoms in total. The van der Waals surface area contributed by atoms with Crippen molar-refractivity contribution in [3.8, 4) is 0 Å². The highest BCUT2D eigenvalue weighted by molar-refractivity contribution is 5.85. The van der Waals surface area contributed by atoms with Crippen molar-refractivity contribution in [3.63, 3.8) is 0 Å². The Bertz CT molecular complexity index is 271. The fourth-order valence-corrected chi connectivity index (χ4v) is 2.69. The van der Waals surface area contributed by atoms with Crippen LogP contribution in [-0.4, -0.2) is 34.5 Å². The minimum atomic E-state index is -0.848. The van der Waals surface area contributed by atoms with Gasteiger partial charge in [-0.05, 0) is 25.7 Å². The summed E-state index contributed by atoms with van der Waals surface area (Å²) >= 11 is 0. The molecule has 2 rings (SSSR count). The molecule has 1 N–H and O–H groups in total. The largest absolute Gasteiger partial charge is 0.480 e. The van der Waals surface area contributed by atoms with Gasteiger partial charge in [0.05, 0.1) is 0 Å². The zero-order valence-electron chi connectivity index (χ0n) is 8.82. The predicted octanol–water partition coefficient (Wildman–Crippen LogP) is 1.25. The van der Waals surface area contributed by atoms with Crippen molar-refractivity contribution >= 4 is 11.9 Å². The molecule has 0 unspecified atom stereocenters. The maximum atomic E-state index is 12.0. The Morgan fingerprint density at radius 2 is 1.73 bits per heavy atom. The smallest absolute Gasteiger partial charge is 0.326 e. The zero-order chi connectivity index (χ0) is 10.8. The van der Waals surface area contributed by atoms with Gasteiger partial charge in [-0.15, -0.1) is 0 Å². The van der Waals surface area contributed by atoms with E-state index < -0.39 is 12.0 Å². The number of carbonyl (C=O) groups is 2. The van der Waals surface area contributed by atoms with E-state index in [4.69, 9.17) is 5.11 Å². The van der Waals surface area contributed by atoms with Gasteiger partial charge in [-0.2, -0.15) is 0 Å². The standard InChI is InChI=1S/C11H17NO3/c13-10(8-4-1-2-5-8)12-7-3-6-9(12)11(14)15/h8-9H,1-7H2,(H,14,15)/t9-/m0/s1. The monoisotopic (exact) mass is 211 g/mol. The average Bonchev–Trinajstić information content (AvgIpc) is 2.88. The molecule has 0 aromatic rings. The van der Waals surface area contributed by atoms with Crippen LogP contribution in [0, 0.1) is 5.92 Å². The Hall–Kier alpha value is -1.06. The highest BCUT2D eigenvalue weighted by Crippen LogP contribution is 2.29. The van der Waals surface area contributed by atoms with Gasteiger partial charge in [-0.1, -0.05) is 12.8 Å². The van der Waals surface area contributed by atoms with E-state index in [1.807, 2.05) is 0 Å². The average molecular weight is 211 g/mol. The SMILES string of the molecule is O=C(O)[C@@H]1CCCN1C(=O)C1CCCC1. The van der Waals surface area contributed by atoms with Crippen molar-refractivity contribution in [3.05, 3.63) is 0 Å². The van der Waals surface area contributed by atoms with Crippen molar-refractivity contribution in [1.29, 1.82) is 0 Å². The van der Waals surface area contributed by atoms with Crippen LogP contribution in [0.25, 0.3) is 0 Å². The molecule has 1 atom stereocenters. The molecule has 84 valence electrons. The summed E-state index contributed by atoms with van der Waals surface area (Å²) in [6.07, 6.45) is 5.57. The van der Waals surface area contributed by atoms with Crippen molar-refractivity contribution < 1.29 is 14.7 Å². The molecular weight excluding hydrogens is 194 g/mol. The van der Waals surface area contributed by atoms with Gasteiger partial charge in [0, 0.05) is 12.5 Å². The second kappa shape index (κ2) is 4.21. The quantitative estimate of drug-likeness (QED) is 0.748. The minimum absolute atomic E-state index is 0.0809. The Balaban J connectivity index is 2.02. The first kappa shape index (κ1) is 10.5. The van der Waals surface area contributed by atoms with E-state index in [-0.39, 0.29) is 11.8 Å². The first-order chi connectivity index (χ1) is 7.20. The van der Waals surface area contributed by atoms with Gasteiger partial charge in [0.15, 0.2) is 0 Å². The van der Waals surface area contributed by atoms with Crippen LogP contribution in [0.1, 0.15) is 38.5 Å². The van der Waals surface area contributed by atoms with E-state index in [9.17, 15) is 9.59 Å². The maximum Gasteiger partial charge on any atom is 0.326 e. The van der Waals surface area contributed by atoms with E-state index >= 15 is 0 Å². The number of hydrogen-bond acceptors (Lipinski definition) is 2. The van der Waals surface area contributed by atoms with Gasteiger partial charge < -0.3 is 10.0 Å². The molecule has 2 fully saturated rings. The van der Waals surface area contributed by atoms with Crippen molar-refractivity contribution in [2.24, 2.45) is 5.92 Å². The van der Waals surface area contributed by atoms with Crippen LogP contribution in [0.15, 0.2) is 0 Å². The molecule has 0 spiro atoms. The Kier molecular flexibility index (Phi) is 2.93. The number of nitrogens with zero attached hydrogens (tertiary/aromatic N) is 1. The number of carboxylic acids is 1. The van der Waals surface area contributed by atoms with E-state index in [1.165, 1.54) is 0 Å². The van der Waals surface area contributed by atoms with Crippen LogP contribution in [0.4, 0.5) is 0 Å². The highest BCUT2D eigenvalue weighted by atomic mass is 16.4. The molecule has 1 saturated heterocycles. The lowest BCUT2D eigenvalue weighted by Crippen LogP contribution is -2.43. The first-order valence-corrected chi connectivity index (χ1v) is 5.73. The molecule has 1 amide bonds. The van der Waals surface area contributed by atoms with Crippen molar-refractivity contribution in [2.75, 3.05) is 6.54 Å². The number of hydrogen-bond donors (Lipinski definition) is 1. The molecule has 0 bridgehead atoms. The minimum Gasteiger partial charge on any atom is -0.480 e. The highest BCUT2D eigenvalue weighted by Gasteiger charge is 2.37. The van der Waals surface area contributed by atoms with E-state index in [0.717, 1.165) is 32.1 Å². The molecule has 0 aromatic heterocycles. The Morgan fingerprint density at radius 3 is 2.33 bits per heavy atom. The lowest BCUT2D eigenvalue weighted by molar-refractivity contribution is -0.149. The first-order valence-electron chi connectivity index (χ1n) is 5.73. The second-order valence-electron chi connectivity index (χ2n) is 4.51. The summed E-state index contributed by atoms with van der Waals surface area (Å²) in [5, 5.41) is 8.98. The molecular formula is C11H17NO3. The third-order valence-electron chi connectivity index (χ3n) is 3.53.